The van der Waals surface area contributed by atoms with Gasteiger partial charge in [0, 0.05) is 17.3 Å². The van der Waals surface area contributed by atoms with Gasteiger partial charge in [-0.1, -0.05) is 36.8 Å². The van der Waals surface area contributed by atoms with E-state index in [1.165, 1.54) is 25.7 Å². The van der Waals surface area contributed by atoms with Crippen LogP contribution in [0.25, 0.3) is 0 Å². The van der Waals surface area contributed by atoms with Gasteiger partial charge in [-0.2, -0.15) is 0 Å². The molecule has 2 fully saturated rings. The van der Waals surface area contributed by atoms with Crippen LogP contribution < -0.4 is 10.6 Å². The van der Waals surface area contributed by atoms with E-state index in [-0.39, 0.29) is 17.7 Å². The summed E-state index contributed by atoms with van der Waals surface area (Å²) in [7, 11) is -3.63. The van der Waals surface area contributed by atoms with Gasteiger partial charge in [-0.05, 0) is 73.8 Å². The molecule has 0 saturated heterocycles. The highest BCUT2D eigenvalue weighted by Gasteiger charge is 2.42. The molecule has 7 heteroatoms. The fourth-order valence-electron chi connectivity index (χ4n) is 5.28. The first-order valence-electron chi connectivity index (χ1n) is 11.2. The Balaban J connectivity index is 1.29. The fourth-order valence-corrected chi connectivity index (χ4v) is 6.55. The maximum absolute atomic E-state index is 12.7. The number of sulfone groups is 1. The average Bonchev–Trinajstić information content (AvgIpc) is 3.38. The summed E-state index contributed by atoms with van der Waals surface area (Å²) in [4.78, 5) is 24.7. The third kappa shape index (κ3) is 5.57. The minimum atomic E-state index is -3.63. The molecule has 4 unspecified atom stereocenters. The third-order valence-electron chi connectivity index (χ3n) is 6.81. The van der Waals surface area contributed by atoms with E-state index in [2.05, 4.69) is 17.6 Å². The van der Waals surface area contributed by atoms with Gasteiger partial charge in [0.15, 0.2) is 9.84 Å². The van der Waals surface area contributed by atoms with Crippen LogP contribution >= 0.6 is 0 Å². The van der Waals surface area contributed by atoms with Crippen LogP contribution in [0.2, 0.25) is 0 Å². The lowest BCUT2D eigenvalue weighted by atomic mass is 9.84. The standard InChI is InChI=1S/C25H30N2O4S/c1-17(23-14-19-9-12-21(23)13-19)26-25(29)20-10-7-18(8-11-20)15-32(30,31)16-24(28)27-22-5-3-2-4-6-22/h2-8,10-11,17,19,21,23H,9,12-16H2,1H3,(H,26,29)(H,27,28). The molecule has 2 saturated carbocycles. The van der Waals surface area contributed by atoms with E-state index in [0.29, 0.717) is 22.7 Å². The second-order valence-corrected chi connectivity index (χ2v) is 11.3. The van der Waals surface area contributed by atoms with Crippen LogP contribution in [0.5, 0.6) is 0 Å². The highest BCUT2D eigenvalue weighted by Crippen LogP contribution is 2.49. The molecule has 0 spiro atoms. The Hall–Kier alpha value is -2.67. The van der Waals surface area contributed by atoms with Crippen molar-refractivity contribution in [2.75, 3.05) is 11.1 Å². The number of rotatable bonds is 8. The van der Waals surface area contributed by atoms with Gasteiger partial charge >= 0.3 is 0 Å². The van der Waals surface area contributed by atoms with E-state index in [1.54, 1.807) is 48.5 Å². The van der Waals surface area contributed by atoms with Gasteiger partial charge in [0.25, 0.3) is 5.91 Å². The number of anilines is 1. The molecule has 6 nitrogen and oxygen atoms in total. The number of fused-ring (bicyclic) bond motifs is 2. The van der Waals surface area contributed by atoms with E-state index in [1.807, 2.05) is 6.07 Å². The summed E-state index contributed by atoms with van der Waals surface area (Å²) in [6, 6.07) is 15.5. The molecule has 170 valence electrons. The number of benzene rings is 2. The number of para-hydroxylation sites is 1. The van der Waals surface area contributed by atoms with Gasteiger partial charge in [0.2, 0.25) is 5.91 Å². The van der Waals surface area contributed by atoms with Crippen LogP contribution in [-0.2, 0) is 20.4 Å². The quantitative estimate of drug-likeness (QED) is 0.635. The van der Waals surface area contributed by atoms with E-state index >= 15 is 0 Å². The van der Waals surface area contributed by atoms with Crippen molar-refractivity contribution in [1.29, 1.82) is 0 Å². The topological polar surface area (TPSA) is 92.3 Å². The van der Waals surface area contributed by atoms with Gasteiger partial charge < -0.3 is 10.6 Å². The van der Waals surface area contributed by atoms with E-state index in [9.17, 15) is 18.0 Å². The predicted molar refractivity (Wildman–Crippen MR) is 125 cm³/mol. The van der Waals surface area contributed by atoms with Crippen LogP contribution in [0.15, 0.2) is 54.6 Å². The molecular weight excluding hydrogens is 424 g/mol. The van der Waals surface area contributed by atoms with E-state index in [4.69, 9.17) is 0 Å². The van der Waals surface area contributed by atoms with E-state index in [0.717, 1.165) is 11.8 Å². The Bertz CT molecular complexity index is 1070. The Labute approximate surface area is 189 Å². The van der Waals surface area contributed by atoms with Crippen molar-refractivity contribution in [3.05, 3.63) is 65.7 Å². The fraction of sp³-hybridized carbons (Fsp3) is 0.440. The Morgan fingerprint density at radius 1 is 1.00 bits per heavy atom. The highest BCUT2D eigenvalue weighted by molar-refractivity contribution is 7.91. The van der Waals surface area contributed by atoms with Gasteiger partial charge in [-0.25, -0.2) is 8.42 Å². The van der Waals surface area contributed by atoms with Crippen molar-refractivity contribution < 1.29 is 18.0 Å². The van der Waals surface area contributed by atoms with Gasteiger partial charge in [-0.3, -0.25) is 9.59 Å². The van der Waals surface area contributed by atoms with Crippen molar-refractivity contribution in [2.24, 2.45) is 17.8 Å². The SMILES string of the molecule is CC(NC(=O)c1ccc(CS(=O)(=O)CC(=O)Nc2ccccc2)cc1)C1CC2CCC1C2. The molecular formula is C25H30N2O4S. The molecule has 4 rings (SSSR count). The van der Waals surface area contributed by atoms with Crippen LogP contribution in [0, 0.1) is 17.8 Å². The summed E-state index contributed by atoms with van der Waals surface area (Å²) in [5.74, 6) is 0.592. The van der Waals surface area contributed by atoms with Crippen LogP contribution in [0.3, 0.4) is 0 Å². The molecule has 0 aromatic heterocycles. The first-order chi connectivity index (χ1) is 15.3. The molecule has 0 radical (unpaired) electrons. The van der Waals surface area contributed by atoms with Crippen molar-refractivity contribution in [2.45, 2.75) is 44.4 Å². The smallest absolute Gasteiger partial charge is 0.251 e. The predicted octanol–water partition coefficient (Wildman–Crippen LogP) is 3.79. The van der Waals surface area contributed by atoms with Crippen molar-refractivity contribution in [3.8, 4) is 0 Å². The second-order valence-electron chi connectivity index (χ2n) is 9.24. The lowest BCUT2D eigenvalue weighted by molar-refractivity contribution is -0.113. The second kappa shape index (κ2) is 9.45. The Kier molecular flexibility index (Phi) is 6.65. The zero-order chi connectivity index (χ0) is 22.7. The normalized spacial score (nSPS) is 23.0. The maximum atomic E-state index is 12.7. The van der Waals surface area contributed by atoms with Gasteiger partial charge in [-0.15, -0.1) is 0 Å². The summed E-state index contributed by atoms with van der Waals surface area (Å²) in [5.41, 5.74) is 1.63. The molecule has 2 aromatic carbocycles. The van der Waals surface area contributed by atoms with Crippen LogP contribution in [0.1, 0.15) is 48.5 Å². The van der Waals surface area contributed by atoms with E-state index < -0.39 is 21.5 Å². The summed E-state index contributed by atoms with van der Waals surface area (Å²) in [6.07, 6.45) is 5.13. The van der Waals surface area contributed by atoms with Crippen molar-refractivity contribution in [1.82, 2.24) is 5.32 Å². The summed E-state index contributed by atoms with van der Waals surface area (Å²) < 4.78 is 24.9. The molecule has 2 bridgehead atoms. The number of hydrogen-bond donors (Lipinski definition) is 2. The van der Waals surface area contributed by atoms with Crippen molar-refractivity contribution >= 4 is 27.3 Å². The summed E-state index contributed by atoms with van der Waals surface area (Å²) in [6.45, 7) is 2.09. The maximum Gasteiger partial charge on any atom is 0.251 e. The number of nitrogens with one attached hydrogen (secondary N) is 2. The zero-order valence-corrected chi connectivity index (χ0v) is 19.1. The van der Waals surface area contributed by atoms with Crippen LogP contribution in [0.4, 0.5) is 5.69 Å². The summed E-state index contributed by atoms with van der Waals surface area (Å²) >= 11 is 0. The van der Waals surface area contributed by atoms with Crippen LogP contribution in [-0.4, -0.2) is 32.0 Å². The highest BCUT2D eigenvalue weighted by atomic mass is 32.2. The molecule has 2 aromatic rings. The van der Waals surface area contributed by atoms with Gasteiger partial charge in [0.1, 0.15) is 5.75 Å². The first kappa shape index (κ1) is 22.5. The number of carbonyl (C=O) groups excluding carboxylic acids is 2. The Morgan fingerprint density at radius 2 is 1.72 bits per heavy atom. The lowest BCUT2D eigenvalue weighted by Gasteiger charge is -2.28. The average molecular weight is 455 g/mol. The number of carbonyl (C=O) groups is 2. The monoisotopic (exact) mass is 454 g/mol. The number of hydrogen-bond acceptors (Lipinski definition) is 4. The zero-order valence-electron chi connectivity index (χ0n) is 18.3. The molecule has 2 aliphatic carbocycles. The third-order valence-corrected chi connectivity index (χ3v) is 8.28. The molecule has 32 heavy (non-hydrogen) atoms. The Morgan fingerprint density at radius 3 is 2.34 bits per heavy atom. The molecule has 4 atom stereocenters. The molecule has 0 heterocycles. The summed E-state index contributed by atoms with van der Waals surface area (Å²) in [5, 5.41) is 5.72. The minimum absolute atomic E-state index is 0.128. The largest absolute Gasteiger partial charge is 0.349 e. The molecule has 2 aliphatic rings. The molecule has 2 amide bonds. The molecule has 2 N–H and O–H groups in total. The first-order valence-corrected chi connectivity index (χ1v) is 13.1. The van der Waals surface area contributed by atoms with Crippen molar-refractivity contribution in [3.63, 3.8) is 0 Å². The van der Waals surface area contributed by atoms with Gasteiger partial charge in [0.05, 0.1) is 5.75 Å². The molecule has 0 aliphatic heterocycles. The minimum Gasteiger partial charge on any atom is -0.349 e. The number of amides is 2. The lowest BCUT2D eigenvalue weighted by Crippen LogP contribution is -2.40.